The van der Waals surface area contributed by atoms with Crippen LogP contribution in [0.15, 0.2) is 28.8 Å². The van der Waals surface area contributed by atoms with E-state index in [0.29, 0.717) is 23.0 Å². The van der Waals surface area contributed by atoms with Gasteiger partial charge in [0.1, 0.15) is 5.76 Å². The first-order valence-electron chi connectivity index (χ1n) is 8.04. The second-order valence-corrected chi connectivity index (χ2v) is 6.82. The zero-order valence-electron chi connectivity index (χ0n) is 14.0. The summed E-state index contributed by atoms with van der Waals surface area (Å²) in [5, 5.41) is 14.0. The van der Waals surface area contributed by atoms with E-state index in [1.807, 2.05) is 12.1 Å². The number of hydrogen-bond donors (Lipinski definition) is 1. The maximum atomic E-state index is 12.7. The molecular weight excluding hydrogens is 344 g/mol. The molecule has 0 spiro atoms. The number of likely N-dealkylation sites (tertiary alicyclic amines) is 1. The summed E-state index contributed by atoms with van der Waals surface area (Å²) in [7, 11) is 0. The number of nitrogens with zero attached hydrogens (tertiary/aromatic N) is 2. The van der Waals surface area contributed by atoms with Crippen molar-refractivity contribution in [3.8, 4) is 0 Å². The second kappa shape index (κ2) is 6.88. The van der Waals surface area contributed by atoms with E-state index in [0.717, 1.165) is 11.1 Å². The van der Waals surface area contributed by atoms with Crippen molar-refractivity contribution < 1.29 is 19.2 Å². The third-order valence-corrected chi connectivity index (χ3v) is 5.05. The fraction of sp³-hybridized carbons (Fsp3) is 0.389. The van der Waals surface area contributed by atoms with Crippen LogP contribution in [-0.4, -0.2) is 40.1 Å². The van der Waals surface area contributed by atoms with Crippen molar-refractivity contribution in [3.05, 3.63) is 51.9 Å². The van der Waals surface area contributed by atoms with Crippen molar-refractivity contribution in [3.63, 3.8) is 0 Å². The molecule has 25 heavy (non-hydrogen) atoms. The molecule has 0 bridgehead atoms. The van der Waals surface area contributed by atoms with Crippen molar-refractivity contribution in [2.45, 2.75) is 26.2 Å². The van der Waals surface area contributed by atoms with E-state index in [-0.39, 0.29) is 24.8 Å². The van der Waals surface area contributed by atoms with Gasteiger partial charge in [0.15, 0.2) is 0 Å². The van der Waals surface area contributed by atoms with Gasteiger partial charge in [-0.15, -0.1) is 0 Å². The Balaban J connectivity index is 1.78. The Kier molecular flexibility index (Phi) is 4.81. The van der Waals surface area contributed by atoms with Crippen LogP contribution >= 0.6 is 11.6 Å². The summed E-state index contributed by atoms with van der Waals surface area (Å²) in [6.45, 7) is 4.13. The summed E-state index contributed by atoms with van der Waals surface area (Å²) < 4.78 is 5.09. The molecule has 1 aliphatic rings. The molecule has 1 fully saturated rings. The largest absolute Gasteiger partial charge is 0.481 e. The highest BCUT2D eigenvalue weighted by atomic mass is 35.5. The lowest BCUT2D eigenvalue weighted by Gasteiger charge is -2.16. The van der Waals surface area contributed by atoms with Crippen molar-refractivity contribution in [2.75, 3.05) is 13.1 Å². The molecule has 2 aromatic rings. The maximum Gasteiger partial charge on any atom is 0.308 e. The van der Waals surface area contributed by atoms with E-state index in [1.165, 1.54) is 0 Å². The highest BCUT2D eigenvalue weighted by Crippen LogP contribution is 2.34. The lowest BCUT2D eigenvalue weighted by Crippen LogP contribution is -2.31. The smallest absolute Gasteiger partial charge is 0.308 e. The number of carbonyl (C=O) groups excluding carboxylic acids is 1. The number of benzene rings is 1. The fourth-order valence-corrected chi connectivity index (χ4v) is 3.45. The first-order chi connectivity index (χ1) is 11.9. The first-order valence-corrected chi connectivity index (χ1v) is 8.42. The van der Waals surface area contributed by atoms with Gasteiger partial charge in [-0.25, -0.2) is 0 Å². The number of carbonyl (C=O) groups is 2. The minimum Gasteiger partial charge on any atom is -0.481 e. The summed E-state index contributed by atoms with van der Waals surface area (Å²) in [6.07, 6.45) is 0.168. The van der Waals surface area contributed by atoms with Gasteiger partial charge in [0.25, 0.3) is 0 Å². The second-order valence-electron chi connectivity index (χ2n) is 6.38. The molecule has 7 heteroatoms. The molecular formula is C18H19ClN2O4. The highest BCUT2D eigenvalue weighted by molar-refractivity contribution is 6.30. The molecule has 1 aromatic carbocycles. The molecule has 3 rings (SSSR count). The van der Waals surface area contributed by atoms with Gasteiger partial charge < -0.3 is 14.5 Å². The minimum atomic E-state index is -0.896. The normalized spacial score (nSPS) is 20.0. The molecule has 0 unspecified atom stereocenters. The molecule has 1 N–H and O–H groups in total. The minimum absolute atomic E-state index is 0.114. The first kappa shape index (κ1) is 17.5. The van der Waals surface area contributed by atoms with Gasteiger partial charge in [0.05, 0.1) is 18.0 Å². The maximum absolute atomic E-state index is 12.7. The van der Waals surface area contributed by atoms with Crippen LogP contribution in [0.3, 0.4) is 0 Å². The van der Waals surface area contributed by atoms with Crippen molar-refractivity contribution in [1.29, 1.82) is 0 Å². The lowest BCUT2D eigenvalue weighted by molar-refractivity contribution is -0.141. The average molecular weight is 363 g/mol. The summed E-state index contributed by atoms with van der Waals surface area (Å²) in [6, 6.07) is 7.13. The van der Waals surface area contributed by atoms with Gasteiger partial charge in [-0.1, -0.05) is 28.9 Å². The Morgan fingerprint density at radius 1 is 1.28 bits per heavy atom. The Labute approximate surface area is 150 Å². The molecule has 0 saturated carbocycles. The van der Waals surface area contributed by atoms with E-state index in [9.17, 15) is 14.7 Å². The number of carboxylic acids is 1. The molecule has 1 aliphatic heterocycles. The standard InChI is InChI=1S/C18H19ClN2O4/c1-10-14(11(2)25-20-10)7-17(22)21-8-15(16(9-21)18(23)24)12-3-5-13(19)6-4-12/h3-6,15-16H,7-9H2,1-2H3,(H,23,24)/t15-,16+/m0/s1. The Bertz CT molecular complexity index is 780. The molecule has 6 nitrogen and oxygen atoms in total. The molecule has 132 valence electrons. The Hall–Kier alpha value is -2.34. The number of halogens is 1. The number of carboxylic acid groups (broad SMARTS) is 1. The zero-order valence-corrected chi connectivity index (χ0v) is 14.8. The van der Waals surface area contributed by atoms with E-state index in [4.69, 9.17) is 16.1 Å². The summed E-state index contributed by atoms with van der Waals surface area (Å²) in [4.78, 5) is 25.9. The third kappa shape index (κ3) is 3.54. The van der Waals surface area contributed by atoms with Crippen LogP contribution in [0.1, 0.15) is 28.5 Å². The quantitative estimate of drug-likeness (QED) is 0.904. The molecule has 2 heterocycles. The van der Waals surface area contributed by atoms with Crippen LogP contribution in [-0.2, 0) is 16.0 Å². The summed E-state index contributed by atoms with van der Waals surface area (Å²) >= 11 is 5.91. The predicted octanol–water partition coefficient (Wildman–Crippen LogP) is 2.81. The van der Waals surface area contributed by atoms with E-state index in [2.05, 4.69) is 5.16 Å². The van der Waals surface area contributed by atoms with Gasteiger partial charge in [-0.2, -0.15) is 0 Å². The van der Waals surface area contributed by atoms with Crippen molar-refractivity contribution in [2.24, 2.45) is 5.92 Å². The molecule has 0 aliphatic carbocycles. The number of hydrogen-bond acceptors (Lipinski definition) is 4. The van der Waals surface area contributed by atoms with Crippen LogP contribution in [0, 0.1) is 19.8 Å². The lowest BCUT2D eigenvalue weighted by atomic mass is 9.89. The van der Waals surface area contributed by atoms with Crippen LogP contribution in [0.5, 0.6) is 0 Å². The topological polar surface area (TPSA) is 83.6 Å². The number of aromatic nitrogens is 1. The van der Waals surface area contributed by atoms with Crippen LogP contribution in [0.2, 0.25) is 5.02 Å². The zero-order chi connectivity index (χ0) is 18.1. The number of aliphatic carboxylic acids is 1. The molecule has 1 amide bonds. The predicted molar refractivity (Wildman–Crippen MR) is 91.6 cm³/mol. The molecule has 2 atom stereocenters. The Morgan fingerprint density at radius 3 is 2.52 bits per heavy atom. The van der Waals surface area contributed by atoms with E-state index >= 15 is 0 Å². The van der Waals surface area contributed by atoms with Crippen molar-refractivity contribution in [1.82, 2.24) is 10.1 Å². The van der Waals surface area contributed by atoms with Crippen LogP contribution < -0.4 is 0 Å². The fourth-order valence-electron chi connectivity index (χ4n) is 3.32. The summed E-state index contributed by atoms with van der Waals surface area (Å²) in [5.74, 6) is -1.27. The van der Waals surface area contributed by atoms with Crippen LogP contribution in [0.25, 0.3) is 0 Å². The molecule has 1 aromatic heterocycles. The van der Waals surface area contributed by atoms with Crippen molar-refractivity contribution >= 4 is 23.5 Å². The monoisotopic (exact) mass is 362 g/mol. The highest BCUT2D eigenvalue weighted by Gasteiger charge is 2.40. The van der Waals surface area contributed by atoms with E-state index in [1.54, 1.807) is 30.9 Å². The number of rotatable bonds is 4. The number of amides is 1. The Morgan fingerprint density at radius 2 is 1.96 bits per heavy atom. The summed E-state index contributed by atoms with van der Waals surface area (Å²) in [5.41, 5.74) is 2.34. The average Bonchev–Trinajstić information content (AvgIpc) is 3.15. The van der Waals surface area contributed by atoms with Gasteiger partial charge in [-0.3, -0.25) is 9.59 Å². The molecule has 1 saturated heterocycles. The van der Waals surface area contributed by atoms with Gasteiger partial charge in [0.2, 0.25) is 5.91 Å². The van der Waals surface area contributed by atoms with Gasteiger partial charge >= 0.3 is 5.97 Å². The van der Waals surface area contributed by atoms with Crippen LogP contribution in [0.4, 0.5) is 0 Å². The number of aryl methyl sites for hydroxylation is 2. The van der Waals surface area contributed by atoms with Gasteiger partial charge in [-0.05, 0) is 31.5 Å². The van der Waals surface area contributed by atoms with Gasteiger partial charge in [0, 0.05) is 29.6 Å². The third-order valence-electron chi connectivity index (χ3n) is 4.80. The van der Waals surface area contributed by atoms with E-state index < -0.39 is 11.9 Å². The molecule has 0 radical (unpaired) electrons. The SMILES string of the molecule is Cc1noc(C)c1CC(=O)N1C[C@@H](C(=O)O)[C@H](c2ccc(Cl)cc2)C1.